The van der Waals surface area contributed by atoms with E-state index < -0.39 is 18.0 Å². The van der Waals surface area contributed by atoms with Gasteiger partial charge in [0, 0.05) is 0 Å². The number of carbonyl (C=O) groups is 2. The Bertz CT molecular complexity index is 535. The number of unbranched alkanes of at least 4 members (excludes halogenated alkanes) is 1. The summed E-state index contributed by atoms with van der Waals surface area (Å²) in [4.78, 5) is 23.0. The number of aliphatic carboxylic acids is 1. The standard InChI is InChI=1S/C14H18Cl2N2O3/c1-3-4-5-10(13(19)20)17-14(21)18-12-9(15)7-6-8(2)11(12)16/h6-7,10H,3-5H2,1-2H3,(H,19,20)(H2,17,18,21)/t10-/m0/s1. The fraction of sp³-hybridized carbons (Fsp3) is 0.429. The molecule has 0 spiro atoms. The second kappa shape index (κ2) is 8.10. The molecule has 7 heteroatoms. The number of carboxylic acids is 1. The Labute approximate surface area is 133 Å². The van der Waals surface area contributed by atoms with Gasteiger partial charge >= 0.3 is 12.0 Å². The van der Waals surface area contributed by atoms with Crippen molar-refractivity contribution in [2.24, 2.45) is 0 Å². The number of hydrogen-bond acceptors (Lipinski definition) is 2. The fourth-order valence-corrected chi connectivity index (χ4v) is 2.21. The Morgan fingerprint density at radius 1 is 1.33 bits per heavy atom. The molecule has 2 amide bonds. The van der Waals surface area contributed by atoms with Crippen LogP contribution in [0.3, 0.4) is 0 Å². The second-order valence-electron chi connectivity index (χ2n) is 4.68. The molecule has 0 unspecified atom stereocenters. The Balaban J connectivity index is 2.77. The molecule has 0 saturated heterocycles. The highest BCUT2D eigenvalue weighted by atomic mass is 35.5. The first-order valence-corrected chi connectivity index (χ1v) is 7.37. The molecule has 0 saturated carbocycles. The molecule has 1 aromatic carbocycles. The Morgan fingerprint density at radius 2 is 2.00 bits per heavy atom. The Kier molecular flexibility index (Phi) is 6.78. The number of carbonyl (C=O) groups excluding carboxylic acids is 1. The zero-order valence-electron chi connectivity index (χ0n) is 11.9. The van der Waals surface area contributed by atoms with E-state index in [0.29, 0.717) is 22.9 Å². The summed E-state index contributed by atoms with van der Waals surface area (Å²) in [6.07, 6.45) is 1.93. The Hall–Kier alpha value is -1.46. The number of amides is 2. The topological polar surface area (TPSA) is 78.4 Å². The summed E-state index contributed by atoms with van der Waals surface area (Å²) >= 11 is 12.1. The first-order valence-electron chi connectivity index (χ1n) is 6.61. The van der Waals surface area contributed by atoms with Crippen molar-refractivity contribution in [3.8, 4) is 0 Å². The van der Waals surface area contributed by atoms with Crippen molar-refractivity contribution < 1.29 is 14.7 Å². The quantitative estimate of drug-likeness (QED) is 0.734. The van der Waals surface area contributed by atoms with Gasteiger partial charge in [-0.05, 0) is 25.0 Å². The van der Waals surface area contributed by atoms with Gasteiger partial charge in [-0.3, -0.25) is 0 Å². The Morgan fingerprint density at radius 3 is 2.57 bits per heavy atom. The molecular formula is C14H18Cl2N2O3. The average Bonchev–Trinajstić information content (AvgIpc) is 2.43. The van der Waals surface area contributed by atoms with E-state index in [9.17, 15) is 9.59 Å². The smallest absolute Gasteiger partial charge is 0.326 e. The summed E-state index contributed by atoms with van der Waals surface area (Å²) in [6, 6.07) is 1.76. The largest absolute Gasteiger partial charge is 0.480 e. The lowest BCUT2D eigenvalue weighted by atomic mass is 10.1. The lowest BCUT2D eigenvalue weighted by Gasteiger charge is -2.16. The minimum Gasteiger partial charge on any atom is -0.480 e. The van der Waals surface area contributed by atoms with Crippen molar-refractivity contribution in [3.63, 3.8) is 0 Å². The molecule has 3 N–H and O–H groups in total. The van der Waals surface area contributed by atoms with Gasteiger partial charge in [-0.25, -0.2) is 9.59 Å². The van der Waals surface area contributed by atoms with Crippen molar-refractivity contribution in [2.75, 3.05) is 5.32 Å². The van der Waals surface area contributed by atoms with Crippen molar-refractivity contribution >= 4 is 40.9 Å². The van der Waals surface area contributed by atoms with Crippen LogP contribution < -0.4 is 10.6 Å². The average molecular weight is 333 g/mol. The van der Waals surface area contributed by atoms with Gasteiger partial charge in [0.05, 0.1) is 15.7 Å². The van der Waals surface area contributed by atoms with Crippen LogP contribution in [0.25, 0.3) is 0 Å². The van der Waals surface area contributed by atoms with Crippen molar-refractivity contribution in [2.45, 2.75) is 39.2 Å². The van der Waals surface area contributed by atoms with Crippen LogP contribution in [-0.2, 0) is 4.79 Å². The zero-order valence-corrected chi connectivity index (χ0v) is 13.4. The van der Waals surface area contributed by atoms with Crippen LogP contribution in [0.5, 0.6) is 0 Å². The molecule has 1 aromatic rings. The van der Waals surface area contributed by atoms with E-state index in [2.05, 4.69) is 10.6 Å². The number of halogens is 2. The maximum absolute atomic E-state index is 11.9. The minimum absolute atomic E-state index is 0.274. The van der Waals surface area contributed by atoms with Gasteiger partial charge in [0.15, 0.2) is 0 Å². The van der Waals surface area contributed by atoms with Crippen molar-refractivity contribution in [1.29, 1.82) is 0 Å². The van der Waals surface area contributed by atoms with E-state index >= 15 is 0 Å². The number of benzene rings is 1. The summed E-state index contributed by atoms with van der Waals surface area (Å²) in [6.45, 7) is 3.73. The summed E-state index contributed by atoms with van der Waals surface area (Å²) in [5.74, 6) is -1.07. The predicted molar refractivity (Wildman–Crippen MR) is 84.3 cm³/mol. The third kappa shape index (κ3) is 5.10. The number of aryl methyl sites for hydroxylation is 1. The van der Waals surface area contributed by atoms with Gasteiger partial charge in [-0.15, -0.1) is 0 Å². The summed E-state index contributed by atoms with van der Waals surface area (Å²) in [5.41, 5.74) is 1.03. The van der Waals surface area contributed by atoms with Crippen molar-refractivity contribution in [1.82, 2.24) is 5.32 Å². The number of hydrogen-bond donors (Lipinski definition) is 3. The molecule has 21 heavy (non-hydrogen) atoms. The SMILES string of the molecule is CCCC[C@H](NC(=O)Nc1c(Cl)ccc(C)c1Cl)C(=O)O. The van der Waals surface area contributed by atoms with Gasteiger partial charge < -0.3 is 15.7 Å². The maximum Gasteiger partial charge on any atom is 0.326 e. The van der Waals surface area contributed by atoms with Gasteiger partial charge in [0.2, 0.25) is 0 Å². The van der Waals surface area contributed by atoms with Gasteiger partial charge in [0.25, 0.3) is 0 Å². The molecule has 0 heterocycles. The first kappa shape index (κ1) is 17.6. The third-order valence-electron chi connectivity index (χ3n) is 2.97. The van der Waals surface area contributed by atoms with E-state index in [1.54, 1.807) is 19.1 Å². The molecule has 0 aliphatic carbocycles. The number of rotatable bonds is 6. The molecular weight excluding hydrogens is 315 g/mol. The van der Waals surface area contributed by atoms with E-state index in [1.165, 1.54) is 0 Å². The number of anilines is 1. The van der Waals surface area contributed by atoms with E-state index in [1.807, 2.05) is 6.92 Å². The normalized spacial score (nSPS) is 11.8. The molecule has 5 nitrogen and oxygen atoms in total. The molecule has 0 aromatic heterocycles. The fourth-order valence-electron chi connectivity index (χ4n) is 1.74. The predicted octanol–water partition coefficient (Wildman–Crippen LogP) is 4.07. The number of carboxylic acid groups (broad SMARTS) is 1. The zero-order chi connectivity index (χ0) is 16.0. The molecule has 0 aliphatic rings. The van der Waals surface area contributed by atoms with E-state index in [-0.39, 0.29) is 5.69 Å². The van der Waals surface area contributed by atoms with Crippen LogP contribution in [0.15, 0.2) is 12.1 Å². The van der Waals surface area contributed by atoms with Gasteiger partial charge in [-0.1, -0.05) is 49.0 Å². The highest BCUT2D eigenvalue weighted by Gasteiger charge is 2.20. The molecule has 1 atom stereocenters. The van der Waals surface area contributed by atoms with Gasteiger partial charge in [0.1, 0.15) is 6.04 Å². The highest BCUT2D eigenvalue weighted by Crippen LogP contribution is 2.32. The third-order valence-corrected chi connectivity index (χ3v) is 3.77. The highest BCUT2D eigenvalue weighted by molar-refractivity contribution is 6.40. The van der Waals surface area contributed by atoms with E-state index in [4.69, 9.17) is 28.3 Å². The van der Waals surface area contributed by atoms with Crippen LogP contribution >= 0.6 is 23.2 Å². The van der Waals surface area contributed by atoms with E-state index in [0.717, 1.165) is 12.0 Å². The van der Waals surface area contributed by atoms with Crippen LogP contribution in [-0.4, -0.2) is 23.1 Å². The number of nitrogens with one attached hydrogen (secondary N) is 2. The van der Waals surface area contributed by atoms with Crippen LogP contribution in [0, 0.1) is 6.92 Å². The molecule has 1 rings (SSSR count). The van der Waals surface area contributed by atoms with Crippen LogP contribution in [0.2, 0.25) is 10.0 Å². The molecule has 116 valence electrons. The molecule has 0 aliphatic heterocycles. The maximum atomic E-state index is 11.9. The van der Waals surface area contributed by atoms with Gasteiger partial charge in [-0.2, -0.15) is 0 Å². The monoisotopic (exact) mass is 332 g/mol. The van der Waals surface area contributed by atoms with Crippen LogP contribution in [0.4, 0.5) is 10.5 Å². The van der Waals surface area contributed by atoms with Crippen molar-refractivity contribution in [3.05, 3.63) is 27.7 Å². The molecule has 0 radical (unpaired) electrons. The minimum atomic E-state index is -1.07. The lowest BCUT2D eigenvalue weighted by Crippen LogP contribution is -2.43. The second-order valence-corrected chi connectivity index (χ2v) is 5.47. The summed E-state index contributed by atoms with van der Waals surface area (Å²) in [5, 5.41) is 14.6. The summed E-state index contributed by atoms with van der Waals surface area (Å²) < 4.78 is 0. The number of urea groups is 1. The molecule has 0 bridgehead atoms. The van der Waals surface area contributed by atoms with Crippen LogP contribution in [0.1, 0.15) is 31.7 Å². The lowest BCUT2D eigenvalue weighted by molar-refractivity contribution is -0.139. The molecule has 0 fully saturated rings. The first-order chi connectivity index (χ1) is 9.86. The summed E-state index contributed by atoms with van der Waals surface area (Å²) in [7, 11) is 0.